The van der Waals surface area contributed by atoms with Crippen molar-refractivity contribution < 1.29 is 4.92 Å². The van der Waals surface area contributed by atoms with Crippen LogP contribution in [0.1, 0.15) is 0 Å². The standard InChI is InChI=1S/C12H7Br2NO2/c13-8-5-6-9(11(14)7-8)10-3-1-2-4-12(10)15(16)17/h1-7H. The molecule has 2 aromatic carbocycles. The predicted octanol–water partition coefficient (Wildman–Crippen LogP) is 4.79. The molecule has 0 radical (unpaired) electrons. The summed E-state index contributed by atoms with van der Waals surface area (Å²) >= 11 is 6.77. The van der Waals surface area contributed by atoms with Gasteiger partial charge in [0.05, 0.1) is 10.5 Å². The number of rotatable bonds is 2. The first kappa shape index (κ1) is 12.3. The second-order valence-corrected chi connectivity index (χ2v) is 5.17. The molecule has 0 heterocycles. The molecule has 5 heteroatoms. The molecule has 0 spiro atoms. The highest BCUT2D eigenvalue weighted by atomic mass is 79.9. The fourth-order valence-electron chi connectivity index (χ4n) is 1.57. The van der Waals surface area contributed by atoms with E-state index in [-0.39, 0.29) is 10.6 Å². The lowest BCUT2D eigenvalue weighted by molar-refractivity contribution is -0.384. The molecule has 0 aromatic heterocycles. The fraction of sp³-hybridized carbons (Fsp3) is 0. The van der Waals surface area contributed by atoms with E-state index in [0.717, 1.165) is 14.5 Å². The van der Waals surface area contributed by atoms with Gasteiger partial charge in [0.1, 0.15) is 0 Å². The van der Waals surface area contributed by atoms with Crippen molar-refractivity contribution >= 4 is 37.5 Å². The molecule has 3 nitrogen and oxygen atoms in total. The Hall–Kier alpha value is -1.20. The fourth-order valence-corrected chi connectivity index (χ4v) is 2.83. The quantitative estimate of drug-likeness (QED) is 0.573. The van der Waals surface area contributed by atoms with Crippen molar-refractivity contribution in [1.29, 1.82) is 0 Å². The third-order valence-corrected chi connectivity index (χ3v) is 3.47. The summed E-state index contributed by atoms with van der Waals surface area (Å²) in [5, 5.41) is 11.0. The topological polar surface area (TPSA) is 43.1 Å². The Bertz CT molecular complexity index is 584. The molecule has 86 valence electrons. The highest BCUT2D eigenvalue weighted by molar-refractivity contribution is 9.11. The number of benzene rings is 2. The highest BCUT2D eigenvalue weighted by Crippen LogP contribution is 2.35. The molecular formula is C12H7Br2NO2. The van der Waals surface area contributed by atoms with E-state index < -0.39 is 0 Å². The molecule has 0 amide bonds. The number of nitro benzene ring substituents is 1. The zero-order chi connectivity index (χ0) is 12.4. The van der Waals surface area contributed by atoms with Crippen molar-refractivity contribution in [1.82, 2.24) is 0 Å². The normalized spacial score (nSPS) is 10.2. The van der Waals surface area contributed by atoms with Crippen LogP contribution in [0.2, 0.25) is 0 Å². The predicted molar refractivity (Wildman–Crippen MR) is 73.9 cm³/mol. The van der Waals surface area contributed by atoms with Gasteiger partial charge < -0.3 is 0 Å². The van der Waals surface area contributed by atoms with Crippen molar-refractivity contribution in [2.75, 3.05) is 0 Å². The lowest BCUT2D eigenvalue weighted by atomic mass is 10.0. The minimum absolute atomic E-state index is 0.107. The highest BCUT2D eigenvalue weighted by Gasteiger charge is 2.15. The summed E-state index contributed by atoms with van der Waals surface area (Å²) in [6.45, 7) is 0. The zero-order valence-corrected chi connectivity index (χ0v) is 11.7. The lowest BCUT2D eigenvalue weighted by Gasteiger charge is -2.05. The molecule has 2 rings (SSSR count). The maximum Gasteiger partial charge on any atom is 0.277 e. The summed E-state index contributed by atoms with van der Waals surface area (Å²) in [7, 11) is 0. The average molecular weight is 357 g/mol. The third-order valence-electron chi connectivity index (χ3n) is 2.32. The van der Waals surface area contributed by atoms with Crippen LogP contribution in [-0.4, -0.2) is 4.92 Å². The van der Waals surface area contributed by atoms with E-state index in [1.54, 1.807) is 18.2 Å². The van der Waals surface area contributed by atoms with E-state index in [0.29, 0.717) is 5.56 Å². The van der Waals surface area contributed by atoms with Gasteiger partial charge in [0.2, 0.25) is 0 Å². The van der Waals surface area contributed by atoms with Crippen LogP contribution in [-0.2, 0) is 0 Å². The van der Waals surface area contributed by atoms with Crippen LogP contribution in [0.15, 0.2) is 51.4 Å². The van der Waals surface area contributed by atoms with Crippen molar-refractivity contribution in [2.45, 2.75) is 0 Å². The Balaban J connectivity index is 2.64. The van der Waals surface area contributed by atoms with Crippen molar-refractivity contribution in [3.63, 3.8) is 0 Å². The van der Waals surface area contributed by atoms with Crippen LogP contribution in [0.25, 0.3) is 11.1 Å². The molecule has 0 unspecified atom stereocenters. The van der Waals surface area contributed by atoms with E-state index in [1.165, 1.54) is 6.07 Å². The molecule has 0 aliphatic rings. The molecule has 0 saturated heterocycles. The molecule has 0 aliphatic heterocycles. The van der Waals surface area contributed by atoms with Crippen LogP contribution in [0.4, 0.5) is 5.69 Å². The monoisotopic (exact) mass is 355 g/mol. The largest absolute Gasteiger partial charge is 0.277 e. The van der Waals surface area contributed by atoms with Crippen LogP contribution in [0, 0.1) is 10.1 Å². The van der Waals surface area contributed by atoms with Gasteiger partial charge in [-0.3, -0.25) is 10.1 Å². The lowest BCUT2D eigenvalue weighted by Crippen LogP contribution is -1.91. The van der Waals surface area contributed by atoms with Gasteiger partial charge in [0, 0.05) is 20.6 Å². The zero-order valence-electron chi connectivity index (χ0n) is 8.56. The van der Waals surface area contributed by atoms with Crippen LogP contribution in [0.5, 0.6) is 0 Å². The van der Waals surface area contributed by atoms with E-state index >= 15 is 0 Å². The number of para-hydroxylation sites is 1. The Morgan fingerprint density at radius 1 is 1.00 bits per heavy atom. The second kappa shape index (κ2) is 4.98. The molecule has 0 saturated carbocycles. The Labute approximate surface area is 115 Å². The molecular weight excluding hydrogens is 350 g/mol. The van der Waals surface area contributed by atoms with Crippen LogP contribution >= 0.6 is 31.9 Å². The molecule has 17 heavy (non-hydrogen) atoms. The van der Waals surface area contributed by atoms with E-state index in [4.69, 9.17) is 0 Å². The minimum atomic E-state index is -0.371. The Kier molecular flexibility index (Phi) is 3.59. The van der Waals surface area contributed by atoms with Gasteiger partial charge in [-0.25, -0.2) is 0 Å². The molecule has 2 aromatic rings. The minimum Gasteiger partial charge on any atom is -0.258 e. The van der Waals surface area contributed by atoms with Gasteiger partial charge in [-0.2, -0.15) is 0 Å². The summed E-state index contributed by atoms with van der Waals surface area (Å²) in [5.41, 5.74) is 1.52. The maximum atomic E-state index is 11.0. The van der Waals surface area contributed by atoms with Gasteiger partial charge in [-0.05, 0) is 18.2 Å². The van der Waals surface area contributed by atoms with Crippen LogP contribution < -0.4 is 0 Å². The second-order valence-electron chi connectivity index (χ2n) is 3.40. The first-order chi connectivity index (χ1) is 8.09. The molecule has 0 bridgehead atoms. The first-order valence-corrected chi connectivity index (χ1v) is 6.37. The number of halogens is 2. The molecule has 0 N–H and O–H groups in total. The summed E-state index contributed by atoms with van der Waals surface area (Å²) in [5.74, 6) is 0. The summed E-state index contributed by atoms with van der Waals surface area (Å²) in [4.78, 5) is 10.6. The number of hydrogen-bond acceptors (Lipinski definition) is 2. The number of nitrogens with zero attached hydrogens (tertiary/aromatic N) is 1. The van der Waals surface area contributed by atoms with E-state index in [9.17, 15) is 10.1 Å². The van der Waals surface area contributed by atoms with Gasteiger partial charge in [-0.1, -0.05) is 50.1 Å². The molecule has 0 aliphatic carbocycles. The van der Waals surface area contributed by atoms with Gasteiger partial charge in [0.15, 0.2) is 0 Å². The van der Waals surface area contributed by atoms with E-state index in [2.05, 4.69) is 31.9 Å². The smallest absolute Gasteiger partial charge is 0.258 e. The molecule has 0 atom stereocenters. The van der Waals surface area contributed by atoms with Gasteiger partial charge in [0.25, 0.3) is 5.69 Å². The summed E-state index contributed by atoms with van der Waals surface area (Å²) < 4.78 is 1.74. The Morgan fingerprint density at radius 2 is 1.71 bits per heavy atom. The van der Waals surface area contributed by atoms with Gasteiger partial charge in [-0.15, -0.1) is 0 Å². The van der Waals surface area contributed by atoms with Crippen molar-refractivity contribution in [3.8, 4) is 11.1 Å². The van der Waals surface area contributed by atoms with Gasteiger partial charge >= 0.3 is 0 Å². The number of nitro groups is 1. The Morgan fingerprint density at radius 3 is 2.35 bits per heavy atom. The van der Waals surface area contributed by atoms with E-state index in [1.807, 2.05) is 18.2 Å². The third kappa shape index (κ3) is 2.56. The van der Waals surface area contributed by atoms with Crippen molar-refractivity contribution in [2.24, 2.45) is 0 Å². The molecule has 0 fully saturated rings. The summed E-state index contributed by atoms with van der Waals surface area (Å²) in [6.07, 6.45) is 0. The SMILES string of the molecule is O=[N+]([O-])c1ccccc1-c1ccc(Br)cc1Br. The summed E-state index contributed by atoms with van der Waals surface area (Å²) in [6, 6.07) is 12.3. The van der Waals surface area contributed by atoms with Crippen molar-refractivity contribution in [3.05, 3.63) is 61.5 Å². The average Bonchev–Trinajstić information content (AvgIpc) is 2.29. The maximum absolute atomic E-state index is 11.0. The first-order valence-electron chi connectivity index (χ1n) is 4.78. The van der Waals surface area contributed by atoms with Crippen LogP contribution in [0.3, 0.4) is 0 Å². The number of hydrogen-bond donors (Lipinski definition) is 0.